The Balaban J connectivity index is 0.000000260. The molecule has 0 spiro atoms. The Bertz CT molecular complexity index is 1890. The molecule has 8 saturated carbocycles. The van der Waals surface area contributed by atoms with Gasteiger partial charge in [0.15, 0.2) is 11.5 Å². The van der Waals surface area contributed by atoms with Crippen molar-refractivity contribution in [2.75, 3.05) is 34.5 Å². The fourth-order valence-corrected chi connectivity index (χ4v) is 17.2. The quantitative estimate of drug-likeness (QED) is 0.0315. The first kappa shape index (κ1) is 70.7. The summed E-state index contributed by atoms with van der Waals surface area (Å²) in [4.78, 5) is 46.7. The van der Waals surface area contributed by atoms with E-state index in [0.29, 0.717) is 57.0 Å². The Morgan fingerprint density at radius 3 is 1.05 bits per heavy atom. The molecule has 2 saturated heterocycles. The van der Waals surface area contributed by atoms with E-state index >= 15 is 0 Å². The van der Waals surface area contributed by atoms with Crippen LogP contribution >= 0.6 is 24.1 Å². The number of rotatable bonds is 17. The first-order valence-electron chi connectivity index (χ1n) is 25.3. The Morgan fingerprint density at radius 1 is 0.532 bits per heavy atom. The fraction of sp³-hybridized carbons (Fsp3) is 0.673. The van der Waals surface area contributed by atoms with Crippen LogP contribution in [0, 0.1) is 47.3 Å². The monoisotopic (exact) mass is 1220 g/mol. The summed E-state index contributed by atoms with van der Waals surface area (Å²) in [5, 5.41) is 16.9. The maximum atomic E-state index is 13.4. The predicted octanol–water partition coefficient (Wildman–Crippen LogP) is 0.560. The molecule has 0 amide bonds. The zero-order chi connectivity index (χ0) is 53.4. The molecule has 2 aliphatic heterocycles. The number of ketones is 2. The minimum Gasteiger partial charge on any atom is -1.00 e. The molecule has 2 aromatic carbocycles. The fourth-order valence-electron chi connectivity index (χ4n) is 12.2. The van der Waals surface area contributed by atoms with E-state index < -0.39 is 71.5 Å². The molecule has 2 aromatic rings. The zero-order valence-electron chi connectivity index (χ0n) is 42.6. The van der Waals surface area contributed by atoms with E-state index in [9.17, 15) is 47.3 Å². The number of hydrogen-bond acceptors (Lipinski definition) is 14. The van der Waals surface area contributed by atoms with Crippen LogP contribution in [0.15, 0.2) is 60.7 Å². The Kier molecular flexibility index (Phi) is 32.1. The molecule has 12 nitrogen and oxygen atoms in total. The number of ether oxygens (including phenoxy) is 2. The standard InChI is InChI=1S/2C12H16F2O5S.2C12H15OS.CH4.B6.BrH.Na/c2*13-12(14,20-19-18-16)11(15)17-10-8-2-6-1-7(4-8)5-9(10)3-6;2*13-12(10-14-8-4-5-9-14)11-6-2-1-3-7-11;;1-5(2)6(3)4;;/h2*6-10,16H,1-5H2;2*1-3,6-7H,4-5,8-10H2;1H4;;1H;/q;;2*+1;;;;+1/p-3. The number of hydrogen-bond donors (Lipinski definition) is 0. The molecule has 0 unspecified atom stereocenters. The molecular weight excluding hydrogens is 1150 g/mol. The number of halogens is 5. The second-order valence-corrected chi connectivity index (χ2v) is 26.8. The van der Waals surface area contributed by atoms with Gasteiger partial charge in [0.25, 0.3) is 0 Å². The minimum absolute atomic E-state index is 0. The predicted molar refractivity (Wildman–Crippen MR) is 288 cm³/mol. The van der Waals surface area contributed by atoms with Crippen LogP contribution in [0.25, 0.3) is 0 Å². The van der Waals surface area contributed by atoms with Crippen molar-refractivity contribution in [3.8, 4) is 0 Å². The maximum Gasteiger partial charge on any atom is 1.00 e. The van der Waals surface area contributed by atoms with Crippen molar-refractivity contribution in [1.29, 1.82) is 0 Å². The second kappa shape index (κ2) is 34.9. The van der Waals surface area contributed by atoms with E-state index in [1.54, 1.807) is 0 Å². The second-order valence-electron chi connectivity index (χ2n) is 20.6. The molecule has 28 heteroatoms. The van der Waals surface area contributed by atoms with Gasteiger partial charge in [-0.1, -0.05) is 68.1 Å². The molecule has 12 rings (SSSR count). The van der Waals surface area contributed by atoms with Gasteiger partial charge in [-0.25, -0.2) is 9.59 Å². The Labute approximate surface area is 504 Å². The molecule has 0 atom stereocenters. The summed E-state index contributed by atoms with van der Waals surface area (Å²) in [6, 6.07) is 19.3. The van der Waals surface area contributed by atoms with Crippen molar-refractivity contribution in [2.24, 2.45) is 47.3 Å². The van der Waals surface area contributed by atoms with Gasteiger partial charge in [-0.3, -0.25) is 19.7 Å². The first-order valence-corrected chi connectivity index (χ1v) is 30.2. The van der Waals surface area contributed by atoms with Crippen molar-refractivity contribution in [3.05, 3.63) is 71.8 Å². The molecule has 10 fully saturated rings. The van der Waals surface area contributed by atoms with Crippen LogP contribution in [0.2, 0.25) is 0 Å². The van der Waals surface area contributed by atoms with Gasteiger partial charge < -0.3 is 37.0 Å². The minimum atomic E-state index is -3.93. The van der Waals surface area contributed by atoms with E-state index in [0.717, 1.165) is 74.0 Å². The van der Waals surface area contributed by atoms with Crippen molar-refractivity contribution in [3.63, 3.8) is 0 Å². The van der Waals surface area contributed by atoms with E-state index in [4.69, 9.17) is 40.4 Å². The van der Waals surface area contributed by atoms with Gasteiger partial charge in [0, 0.05) is 54.8 Å². The summed E-state index contributed by atoms with van der Waals surface area (Å²) in [5.41, 5.74) is 1.76. The van der Waals surface area contributed by atoms with Gasteiger partial charge in [-0.15, -0.1) is 0 Å². The molecule has 77 heavy (non-hydrogen) atoms. The molecule has 0 N–H and O–H groups in total. The average Bonchev–Trinajstić information content (AvgIpc) is 4.11. The molecule has 0 aromatic heterocycles. The third-order valence-corrected chi connectivity index (χ3v) is 20.9. The molecular formula is C49H64B6BrF4NaO12S4. The largest absolute Gasteiger partial charge is 1.00 e. The molecule has 8 radical (unpaired) electrons. The number of carbonyl (C=O) groups is 4. The van der Waals surface area contributed by atoms with E-state index in [1.165, 1.54) is 61.5 Å². The molecule has 8 aliphatic carbocycles. The summed E-state index contributed by atoms with van der Waals surface area (Å²) in [6.07, 6.45) is 13.4. The van der Waals surface area contributed by atoms with E-state index in [1.807, 2.05) is 60.7 Å². The summed E-state index contributed by atoms with van der Waals surface area (Å²) in [6.45, 7) is 0. The van der Waals surface area contributed by atoms with Crippen molar-refractivity contribution in [1.82, 2.24) is 0 Å². The van der Waals surface area contributed by atoms with Crippen LogP contribution in [0.3, 0.4) is 0 Å². The number of esters is 2. The third kappa shape index (κ3) is 22.2. The normalized spacial score (nSPS) is 27.1. The van der Waals surface area contributed by atoms with Gasteiger partial charge in [-0.2, -0.15) is 26.2 Å². The van der Waals surface area contributed by atoms with Gasteiger partial charge in [0.05, 0.1) is 0 Å². The van der Waals surface area contributed by atoms with Crippen molar-refractivity contribution in [2.45, 2.75) is 120 Å². The van der Waals surface area contributed by atoms with E-state index in [-0.39, 0.29) is 77.6 Å². The summed E-state index contributed by atoms with van der Waals surface area (Å²) < 4.78 is 70.6. The molecule has 10 aliphatic rings. The Hall–Kier alpha value is -0.530. The van der Waals surface area contributed by atoms with Crippen LogP contribution < -0.4 is 57.1 Å². The third-order valence-electron chi connectivity index (χ3n) is 15.1. The number of carbonyl (C=O) groups excluding carboxylic acids is 4. The number of Topliss-reactive ketones (excluding diaryl/α,β-unsaturated/α-hetero) is 2. The van der Waals surface area contributed by atoms with Crippen LogP contribution in [0.4, 0.5) is 17.6 Å². The van der Waals surface area contributed by atoms with E-state index in [2.05, 4.69) is 18.7 Å². The number of benzene rings is 2. The first-order chi connectivity index (χ1) is 35.3. The van der Waals surface area contributed by atoms with Gasteiger partial charge in [0.2, 0.25) is 11.6 Å². The molecule has 410 valence electrons. The summed E-state index contributed by atoms with van der Waals surface area (Å²) in [5.74, 6) is 7.49. The molecule has 8 bridgehead atoms. The van der Waals surface area contributed by atoms with Crippen molar-refractivity contribution < 1.29 is 122 Å². The summed E-state index contributed by atoms with van der Waals surface area (Å²) in [7, 11) is 20.6. The topological polar surface area (TPSA) is 170 Å². The van der Waals surface area contributed by atoms with Crippen LogP contribution in [0.5, 0.6) is 0 Å². The molecule has 2 heterocycles. The van der Waals surface area contributed by atoms with Crippen LogP contribution in [0.1, 0.15) is 118 Å². The number of alkyl halides is 4. The SMILES string of the molecule is C.O=C(C[S+]1CCCC1)c1ccccc1.O=C(C[S+]1CCCC1)c1ccccc1.O=C(OC1C2CC3CC(C2)CC1C3)C(F)(F)SOO[O-].O=C(OC1C2CC3CC(C2)CC1C3)C(F)(F)SOO[O-].[B]B([B])B([B])[B].[Br-].[Na+]. The van der Waals surface area contributed by atoms with Gasteiger partial charge in [-0.05, 0) is 159 Å². The summed E-state index contributed by atoms with van der Waals surface area (Å²) >= 11 is -1.26. The average molecular weight is 1220 g/mol. The van der Waals surface area contributed by atoms with Crippen LogP contribution in [-0.2, 0) is 59.6 Å². The smallest absolute Gasteiger partial charge is 1.00 e. The maximum absolute atomic E-state index is 13.4. The van der Waals surface area contributed by atoms with Gasteiger partial charge in [0.1, 0.15) is 59.3 Å². The van der Waals surface area contributed by atoms with Gasteiger partial charge >= 0.3 is 52.0 Å². The van der Waals surface area contributed by atoms with Crippen LogP contribution in [-0.4, -0.2) is 124 Å². The zero-order valence-corrected chi connectivity index (χ0v) is 49.4. The Morgan fingerprint density at radius 2 is 0.805 bits per heavy atom. The van der Waals surface area contributed by atoms with Crippen molar-refractivity contribution >= 4 is 113 Å².